The van der Waals surface area contributed by atoms with Crippen molar-refractivity contribution in [3.05, 3.63) is 35.4 Å². The average Bonchev–Trinajstić information content (AvgIpc) is 2.73. The van der Waals surface area contributed by atoms with Gasteiger partial charge in [-0.2, -0.15) is 0 Å². The largest absolute Gasteiger partial charge is 0.462 e. The lowest BCUT2D eigenvalue weighted by Crippen LogP contribution is -2.16. The summed E-state index contributed by atoms with van der Waals surface area (Å²) >= 11 is 0. The lowest BCUT2D eigenvalue weighted by atomic mass is 9.97. The number of hydrogen-bond acceptors (Lipinski definition) is 4. The summed E-state index contributed by atoms with van der Waals surface area (Å²) in [5, 5.41) is 0. The zero-order valence-electron chi connectivity index (χ0n) is 21.3. The normalized spacial score (nSPS) is 13.2. The highest BCUT2D eigenvalue weighted by atomic mass is 16.5. The van der Waals surface area contributed by atoms with Crippen molar-refractivity contribution >= 4 is 11.9 Å². The summed E-state index contributed by atoms with van der Waals surface area (Å²) in [4.78, 5) is 25.2. The minimum Gasteiger partial charge on any atom is -0.462 e. The fourth-order valence-electron chi connectivity index (χ4n) is 3.74. The van der Waals surface area contributed by atoms with E-state index < -0.39 is 11.9 Å². The number of carbonyl (C=O) groups is 2. The molecule has 0 aliphatic heterocycles. The van der Waals surface area contributed by atoms with Crippen LogP contribution in [0.1, 0.15) is 114 Å². The molecule has 0 saturated carbocycles. The summed E-state index contributed by atoms with van der Waals surface area (Å²) in [6, 6.07) is 6.77. The minimum atomic E-state index is -0.450. The molecule has 0 amide bonds. The number of benzene rings is 1. The molecular weight excluding hydrogens is 400 g/mol. The van der Waals surface area contributed by atoms with Gasteiger partial charge in [-0.15, -0.1) is 0 Å². The van der Waals surface area contributed by atoms with Gasteiger partial charge in [0.05, 0.1) is 24.3 Å². The lowest BCUT2D eigenvalue weighted by molar-refractivity contribution is 0.0436. The number of rotatable bonds is 16. The summed E-state index contributed by atoms with van der Waals surface area (Å²) in [7, 11) is 0. The molecule has 1 aromatic rings. The van der Waals surface area contributed by atoms with Gasteiger partial charge < -0.3 is 9.47 Å². The van der Waals surface area contributed by atoms with E-state index in [-0.39, 0.29) is 11.1 Å². The summed E-state index contributed by atoms with van der Waals surface area (Å²) in [6.07, 6.45) is 8.85. The molecule has 0 bridgehead atoms. The van der Waals surface area contributed by atoms with Crippen molar-refractivity contribution in [2.75, 3.05) is 13.2 Å². The summed E-state index contributed by atoms with van der Waals surface area (Å²) in [6.45, 7) is 14.1. The molecule has 4 nitrogen and oxygen atoms in total. The second-order valence-corrected chi connectivity index (χ2v) is 10.3. The predicted molar refractivity (Wildman–Crippen MR) is 132 cm³/mol. The van der Waals surface area contributed by atoms with Crippen LogP contribution in [0.15, 0.2) is 24.3 Å². The molecule has 2 unspecified atom stereocenters. The fraction of sp³-hybridized carbons (Fsp3) is 0.714. The van der Waals surface area contributed by atoms with E-state index in [1.165, 1.54) is 25.7 Å². The van der Waals surface area contributed by atoms with Gasteiger partial charge in [0.1, 0.15) is 0 Å². The molecule has 182 valence electrons. The molecule has 0 N–H and O–H groups in total. The van der Waals surface area contributed by atoms with Crippen LogP contribution in [0.2, 0.25) is 0 Å². The van der Waals surface area contributed by atoms with Crippen LogP contribution < -0.4 is 0 Å². The molecule has 1 aromatic carbocycles. The van der Waals surface area contributed by atoms with E-state index in [0.29, 0.717) is 25.0 Å². The summed E-state index contributed by atoms with van der Waals surface area (Å²) in [5.41, 5.74) is 0.574. The van der Waals surface area contributed by atoms with Gasteiger partial charge in [0.2, 0.25) is 0 Å². The first-order valence-electron chi connectivity index (χ1n) is 12.6. The van der Waals surface area contributed by atoms with Gasteiger partial charge in [-0.25, -0.2) is 9.59 Å². The Kier molecular flexibility index (Phi) is 14.0. The Hall–Kier alpha value is -1.84. The second-order valence-electron chi connectivity index (χ2n) is 10.3. The van der Waals surface area contributed by atoms with Crippen LogP contribution in [0.4, 0.5) is 0 Å². The topological polar surface area (TPSA) is 52.6 Å². The monoisotopic (exact) mass is 446 g/mol. The van der Waals surface area contributed by atoms with Crippen molar-refractivity contribution in [2.45, 2.75) is 92.9 Å². The summed E-state index contributed by atoms with van der Waals surface area (Å²) in [5.74, 6) is 1.59. The van der Waals surface area contributed by atoms with Gasteiger partial charge in [-0.1, -0.05) is 92.2 Å². The van der Waals surface area contributed by atoms with Crippen LogP contribution in [0.5, 0.6) is 0 Å². The van der Waals surface area contributed by atoms with E-state index in [1.54, 1.807) is 24.3 Å². The summed E-state index contributed by atoms with van der Waals surface area (Å²) < 4.78 is 11.0. The van der Waals surface area contributed by atoms with E-state index in [1.807, 2.05) is 0 Å². The van der Waals surface area contributed by atoms with Crippen molar-refractivity contribution in [3.8, 4) is 0 Å². The molecule has 0 radical (unpaired) electrons. The van der Waals surface area contributed by atoms with Crippen LogP contribution in [-0.4, -0.2) is 25.2 Å². The molecule has 4 heteroatoms. The SMILES string of the molecule is CC(C)CCCC(C)CCOC(=O)c1ccccc1C(=O)OCCC(C)CCCC(C)C. The van der Waals surface area contributed by atoms with Crippen molar-refractivity contribution in [2.24, 2.45) is 23.7 Å². The van der Waals surface area contributed by atoms with Crippen LogP contribution in [0, 0.1) is 23.7 Å². The molecule has 0 spiro atoms. The van der Waals surface area contributed by atoms with E-state index in [2.05, 4.69) is 41.5 Å². The third kappa shape index (κ3) is 12.3. The van der Waals surface area contributed by atoms with Gasteiger partial charge in [-0.3, -0.25) is 0 Å². The molecule has 0 saturated heterocycles. The molecule has 0 heterocycles. The van der Waals surface area contributed by atoms with E-state index >= 15 is 0 Å². The third-order valence-electron chi connectivity index (χ3n) is 6.01. The number of carbonyl (C=O) groups excluding carboxylic acids is 2. The molecule has 0 aromatic heterocycles. The van der Waals surface area contributed by atoms with Gasteiger partial charge >= 0.3 is 11.9 Å². The van der Waals surface area contributed by atoms with Gasteiger partial charge in [0, 0.05) is 0 Å². The fourth-order valence-corrected chi connectivity index (χ4v) is 3.74. The van der Waals surface area contributed by atoms with Crippen LogP contribution in [0.25, 0.3) is 0 Å². The van der Waals surface area contributed by atoms with Crippen molar-refractivity contribution in [1.82, 2.24) is 0 Å². The van der Waals surface area contributed by atoms with E-state index in [4.69, 9.17) is 9.47 Å². The zero-order chi connectivity index (χ0) is 23.9. The first-order valence-corrected chi connectivity index (χ1v) is 12.6. The predicted octanol–water partition coefficient (Wildman–Crippen LogP) is 7.71. The van der Waals surface area contributed by atoms with Crippen molar-refractivity contribution in [1.29, 1.82) is 0 Å². The first-order chi connectivity index (χ1) is 15.2. The van der Waals surface area contributed by atoms with Crippen molar-refractivity contribution in [3.63, 3.8) is 0 Å². The smallest absolute Gasteiger partial charge is 0.339 e. The molecule has 0 fully saturated rings. The maximum Gasteiger partial charge on any atom is 0.339 e. The van der Waals surface area contributed by atoms with Crippen LogP contribution in [-0.2, 0) is 9.47 Å². The second kappa shape index (κ2) is 15.9. The van der Waals surface area contributed by atoms with Crippen molar-refractivity contribution < 1.29 is 19.1 Å². The first kappa shape index (κ1) is 28.2. The number of hydrogen-bond donors (Lipinski definition) is 0. The zero-order valence-corrected chi connectivity index (χ0v) is 21.3. The molecule has 0 aliphatic rings. The van der Waals surface area contributed by atoms with Crippen LogP contribution >= 0.6 is 0 Å². The maximum atomic E-state index is 12.6. The van der Waals surface area contributed by atoms with E-state index in [0.717, 1.165) is 37.5 Å². The Morgan fingerprint density at radius 1 is 0.625 bits per heavy atom. The highest BCUT2D eigenvalue weighted by molar-refractivity contribution is 6.03. The molecule has 2 atom stereocenters. The Morgan fingerprint density at radius 3 is 1.34 bits per heavy atom. The number of esters is 2. The Balaban J connectivity index is 2.44. The highest BCUT2D eigenvalue weighted by Crippen LogP contribution is 2.18. The number of ether oxygens (including phenoxy) is 2. The Labute approximate surface area is 196 Å². The van der Waals surface area contributed by atoms with Crippen LogP contribution in [0.3, 0.4) is 0 Å². The molecule has 32 heavy (non-hydrogen) atoms. The standard InChI is InChI=1S/C28H46O4/c1-21(2)11-9-13-23(5)17-19-31-27(29)25-15-7-8-16-26(25)28(30)32-20-18-24(6)14-10-12-22(3)4/h7-8,15-16,21-24H,9-14,17-20H2,1-6H3. The van der Waals surface area contributed by atoms with Gasteiger partial charge in [0.15, 0.2) is 0 Å². The quantitative estimate of drug-likeness (QED) is 0.244. The Bertz CT molecular complexity index is 608. The third-order valence-corrected chi connectivity index (χ3v) is 6.01. The average molecular weight is 447 g/mol. The van der Waals surface area contributed by atoms with Gasteiger partial charge in [-0.05, 0) is 48.6 Å². The molecular formula is C28H46O4. The minimum absolute atomic E-state index is 0.287. The van der Waals surface area contributed by atoms with E-state index in [9.17, 15) is 9.59 Å². The molecule has 0 aliphatic carbocycles. The maximum absolute atomic E-state index is 12.6. The molecule has 1 rings (SSSR count). The lowest BCUT2D eigenvalue weighted by Gasteiger charge is -2.14. The van der Waals surface area contributed by atoms with Gasteiger partial charge in [0.25, 0.3) is 0 Å². The Morgan fingerprint density at radius 2 is 1.00 bits per heavy atom. The highest BCUT2D eigenvalue weighted by Gasteiger charge is 2.19.